The van der Waals surface area contributed by atoms with Crippen LogP contribution in [0, 0.1) is 0 Å². The Balaban J connectivity index is 0. The zero-order valence-electron chi connectivity index (χ0n) is 2.01. The molecule has 0 rings (SSSR count). The maximum absolute atomic E-state index is 5.05. The topological polar surface area (TPSA) is 0 Å². The molecule has 0 aliphatic carbocycles. The van der Waals surface area contributed by atoms with Gasteiger partial charge in [-0.05, 0) is 0 Å². The van der Waals surface area contributed by atoms with Gasteiger partial charge in [-0.3, -0.25) is 0 Å². The normalized spacial score (nSPS) is 10.0. The molecule has 0 aromatic rings. The zero-order valence-corrected chi connectivity index (χ0v) is 8.92. The first-order valence-corrected chi connectivity index (χ1v) is 19.9. The molecular formula is H2Cl4MgPb. The van der Waals surface area contributed by atoms with Crippen molar-refractivity contribution < 1.29 is 0 Å². The second kappa shape index (κ2) is 4.70. The van der Waals surface area contributed by atoms with Crippen molar-refractivity contribution in [2.75, 3.05) is 0 Å². The van der Waals surface area contributed by atoms with Crippen molar-refractivity contribution in [3.05, 3.63) is 0 Å². The molecule has 0 bridgehead atoms. The van der Waals surface area contributed by atoms with E-state index < -0.39 is 16.3 Å². The fraction of sp³-hybridized carbons (Fsp3) is 0. The fourth-order valence-corrected chi connectivity index (χ4v) is 0. The van der Waals surface area contributed by atoms with E-state index >= 15 is 0 Å². The number of halogens is 4. The van der Waals surface area contributed by atoms with E-state index in [4.69, 9.17) is 33.3 Å². The van der Waals surface area contributed by atoms with E-state index in [0.717, 1.165) is 0 Å². The second-order valence-electron chi connectivity index (χ2n) is 0.429. The van der Waals surface area contributed by atoms with Gasteiger partial charge < -0.3 is 0 Å². The van der Waals surface area contributed by atoms with Gasteiger partial charge in [-0.1, -0.05) is 0 Å². The summed E-state index contributed by atoms with van der Waals surface area (Å²) in [6.07, 6.45) is 0. The molecule has 0 aliphatic heterocycles. The molecule has 0 fully saturated rings. The summed E-state index contributed by atoms with van der Waals surface area (Å²) in [4.78, 5) is 0. The summed E-state index contributed by atoms with van der Waals surface area (Å²) in [5.74, 6) is 0. The summed E-state index contributed by atoms with van der Waals surface area (Å²) < 4.78 is 0. The van der Waals surface area contributed by atoms with E-state index in [1.54, 1.807) is 0 Å². The van der Waals surface area contributed by atoms with Crippen LogP contribution in [0.4, 0.5) is 0 Å². The number of rotatable bonds is 0. The average Bonchev–Trinajstić information content (AvgIpc) is 0.722. The largest absolute Gasteiger partial charge is 0.316 e. The van der Waals surface area contributed by atoms with Gasteiger partial charge in [0.05, 0.1) is 0 Å². The van der Waals surface area contributed by atoms with Gasteiger partial charge in [0.15, 0.2) is 0 Å². The van der Waals surface area contributed by atoms with E-state index in [0.29, 0.717) is 0 Å². The third-order valence-corrected chi connectivity index (χ3v) is 0. The first-order valence-electron chi connectivity index (χ1n) is 0.756. The minimum absolute atomic E-state index is 0. The van der Waals surface area contributed by atoms with Crippen LogP contribution in [0.1, 0.15) is 0 Å². The summed E-state index contributed by atoms with van der Waals surface area (Å²) in [5.41, 5.74) is 0. The van der Waals surface area contributed by atoms with Crippen molar-refractivity contribution in [2.45, 2.75) is 0 Å². The smallest absolute Gasteiger partial charge is 0.316 e. The predicted molar refractivity (Wildman–Crippen MR) is 37.7 cm³/mol. The summed E-state index contributed by atoms with van der Waals surface area (Å²) in [6, 6.07) is 0. The van der Waals surface area contributed by atoms with Gasteiger partial charge in [0.1, 0.15) is 0 Å². The molecule has 0 spiro atoms. The first-order chi connectivity index (χ1) is 2.00. The van der Waals surface area contributed by atoms with Gasteiger partial charge in [0.2, 0.25) is 0 Å². The first kappa shape index (κ1) is 11.6. The van der Waals surface area contributed by atoms with Gasteiger partial charge in [0, 0.05) is 0 Å². The molecule has 0 saturated carbocycles. The molecule has 0 aromatic carbocycles. The summed E-state index contributed by atoms with van der Waals surface area (Å²) in [5, 5.41) is 0. The van der Waals surface area contributed by atoms with Gasteiger partial charge >= 0.3 is 72.6 Å². The molecule has 0 unspecified atom stereocenters. The molecule has 0 saturated heterocycles. The van der Waals surface area contributed by atoms with E-state index in [9.17, 15) is 0 Å². The molecule has 0 aromatic heterocycles. The van der Waals surface area contributed by atoms with Crippen LogP contribution in [0.5, 0.6) is 0 Å². The van der Waals surface area contributed by atoms with Crippen LogP contribution in [0.2, 0.25) is 0 Å². The van der Waals surface area contributed by atoms with Crippen molar-refractivity contribution in [3.63, 3.8) is 0 Å². The monoisotopic (exact) mass is 374 g/mol. The molecule has 0 heterocycles. The third kappa shape index (κ3) is 28.9. The van der Waals surface area contributed by atoms with Crippen LogP contribution < -0.4 is 0 Å². The van der Waals surface area contributed by atoms with Crippen LogP contribution in [-0.2, 0) is 0 Å². The second-order valence-corrected chi connectivity index (χ2v) is 33.8. The Labute approximate surface area is 71.1 Å². The molecule has 0 radical (unpaired) electrons. The Kier molecular flexibility index (Phi) is 9.11. The quantitative estimate of drug-likeness (QED) is 0.563. The molecule has 0 N–H and O–H groups in total. The molecule has 0 aliphatic rings. The van der Waals surface area contributed by atoms with Gasteiger partial charge in [0.25, 0.3) is 0 Å². The van der Waals surface area contributed by atoms with Crippen molar-refractivity contribution in [3.8, 4) is 0 Å². The third-order valence-electron chi connectivity index (χ3n) is 0. The molecule has 6 heavy (non-hydrogen) atoms. The number of hydrogen-bond donors (Lipinski definition) is 0. The Morgan fingerprint density at radius 1 is 0.833 bits per heavy atom. The summed E-state index contributed by atoms with van der Waals surface area (Å²) in [7, 11) is 20.2. The van der Waals surface area contributed by atoms with Crippen molar-refractivity contribution in [1.82, 2.24) is 0 Å². The molecule has 6 heteroatoms. The van der Waals surface area contributed by atoms with Crippen molar-refractivity contribution >= 4 is 72.6 Å². The Morgan fingerprint density at radius 2 is 0.833 bits per heavy atom. The average molecular weight is 375 g/mol. The summed E-state index contributed by atoms with van der Waals surface area (Å²) >= 11 is -3.39. The van der Waals surface area contributed by atoms with E-state index in [1.807, 2.05) is 0 Å². The van der Waals surface area contributed by atoms with Crippen molar-refractivity contribution in [1.29, 1.82) is 0 Å². The minimum Gasteiger partial charge on any atom is 0.316 e. The van der Waals surface area contributed by atoms with Gasteiger partial charge in [-0.15, -0.1) is 0 Å². The van der Waals surface area contributed by atoms with Gasteiger partial charge in [-0.2, -0.15) is 0 Å². The van der Waals surface area contributed by atoms with Crippen LogP contribution in [0.15, 0.2) is 0 Å². The van der Waals surface area contributed by atoms with Crippen molar-refractivity contribution in [2.24, 2.45) is 0 Å². The SMILES string of the molecule is [Cl][Pb]([Cl])([Cl])[Cl].[MgH2]. The minimum atomic E-state index is -3.39. The van der Waals surface area contributed by atoms with Crippen LogP contribution in [0.25, 0.3) is 0 Å². The van der Waals surface area contributed by atoms with E-state index in [1.165, 1.54) is 0 Å². The van der Waals surface area contributed by atoms with E-state index in [-0.39, 0.29) is 23.1 Å². The standard InChI is InChI=1S/4ClH.Mg.Pb.2H/h4*1H;;;;/q;;;;;+4;;/p-4. The maximum Gasteiger partial charge on any atom is 0.316 e. The fourth-order valence-electron chi connectivity index (χ4n) is 0. The Morgan fingerprint density at radius 3 is 0.833 bits per heavy atom. The number of hydrogen-bond acceptors (Lipinski definition) is 0. The predicted octanol–water partition coefficient (Wildman–Crippen LogP) is 1.46. The van der Waals surface area contributed by atoms with Crippen LogP contribution in [0.3, 0.4) is 0 Å². The molecule has 0 nitrogen and oxygen atoms in total. The molecule has 0 atom stereocenters. The van der Waals surface area contributed by atoms with E-state index in [2.05, 4.69) is 0 Å². The van der Waals surface area contributed by atoms with Crippen LogP contribution in [-0.4, -0.2) is 39.3 Å². The zero-order chi connectivity index (χ0) is 4.50. The Bertz CT molecular complexity index is 23.0. The molecular weight excluding hydrogens is 373 g/mol. The molecule has 36 valence electrons. The maximum atomic E-state index is 5.05. The summed E-state index contributed by atoms with van der Waals surface area (Å²) in [6.45, 7) is 0. The van der Waals surface area contributed by atoms with Crippen LogP contribution >= 0.6 is 33.3 Å². The van der Waals surface area contributed by atoms with Gasteiger partial charge in [-0.25, -0.2) is 0 Å². The molecule has 0 amide bonds. The Hall–Kier alpha value is 2.85.